The van der Waals surface area contributed by atoms with Gasteiger partial charge in [-0.3, -0.25) is 9.59 Å². The fraction of sp³-hybridized carbons (Fsp3) is 0.556. The van der Waals surface area contributed by atoms with Crippen molar-refractivity contribution in [2.24, 2.45) is 5.73 Å². The van der Waals surface area contributed by atoms with Crippen LogP contribution < -0.4 is 5.73 Å². The van der Waals surface area contributed by atoms with E-state index in [2.05, 4.69) is 0 Å². The van der Waals surface area contributed by atoms with Crippen LogP contribution in [-0.2, 0) is 4.79 Å². The number of carbonyl (C=O) groups is 2. The number of nitrogens with two attached hydrogens (primary N) is 1. The molecule has 1 heterocycles. The Morgan fingerprint density at radius 3 is 2.20 bits per heavy atom. The van der Waals surface area contributed by atoms with Crippen molar-refractivity contribution in [3.8, 4) is 5.75 Å². The van der Waals surface area contributed by atoms with Crippen LogP contribution in [0.15, 0.2) is 24.3 Å². The Bertz CT molecular complexity index is 624. The molecule has 0 atom stereocenters. The van der Waals surface area contributed by atoms with E-state index in [-0.39, 0.29) is 30.0 Å². The maximum absolute atomic E-state index is 12.7. The first-order valence-electron chi connectivity index (χ1n) is 8.66. The molecule has 25 heavy (non-hydrogen) atoms. The molecule has 3 N–H and O–H groups in total. The second kappa shape index (κ2) is 8.06. The number of phenolic OH excluding ortho intramolecular Hbond substituents is 1. The number of phenols is 1. The summed E-state index contributed by atoms with van der Waals surface area (Å²) in [4.78, 5) is 28.7. The number of rotatable bonds is 2. The van der Waals surface area contributed by atoms with Gasteiger partial charge in [0.25, 0.3) is 5.91 Å². The molecule has 6 nitrogen and oxygen atoms in total. The van der Waals surface area contributed by atoms with Gasteiger partial charge in [0.15, 0.2) is 0 Å². The number of amides is 2. The van der Waals surface area contributed by atoms with E-state index in [1.807, 2.05) is 0 Å². The highest BCUT2D eigenvalue weighted by molar-refractivity contribution is 5.95. The van der Waals surface area contributed by atoms with Gasteiger partial charge in [0.05, 0.1) is 5.54 Å². The summed E-state index contributed by atoms with van der Waals surface area (Å²) in [5.41, 5.74) is 6.09. The Hall–Kier alpha value is -1.79. The molecule has 2 aliphatic rings. The highest BCUT2D eigenvalue weighted by atomic mass is 35.5. The van der Waals surface area contributed by atoms with E-state index in [1.165, 1.54) is 12.1 Å². The Kier molecular flexibility index (Phi) is 6.30. The average Bonchev–Trinajstić information content (AvgIpc) is 2.61. The van der Waals surface area contributed by atoms with Crippen molar-refractivity contribution < 1.29 is 14.7 Å². The van der Waals surface area contributed by atoms with Crippen LogP contribution in [0.1, 0.15) is 42.5 Å². The Balaban J connectivity index is 0.00000225. The minimum Gasteiger partial charge on any atom is -0.508 e. The zero-order chi connectivity index (χ0) is 17.2. The third-order valence-corrected chi connectivity index (χ3v) is 5.12. The normalized spacial score (nSPS) is 19.9. The van der Waals surface area contributed by atoms with Crippen molar-refractivity contribution in [3.63, 3.8) is 0 Å². The van der Waals surface area contributed by atoms with Crippen LogP contribution in [0.25, 0.3) is 0 Å². The van der Waals surface area contributed by atoms with Crippen LogP contribution in [-0.4, -0.2) is 58.4 Å². The molecule has 1 saturated carbocycles. The topological polar surface area (TPSA) is 86.9 Å². The van der Waals surface area contributed by atoms with Crippen LogP contribution in [0, 0.1) is 0 Å². The largest absolute Gasteiger partial charge is 0.508 e. The number of piperazine rings is 1. The molecule has 0 aromatic heterocycles. The summed E-state index contributed by atoms with van der Waals surface area (Å²) in [5.74, 6) is 0.00168. The Morgan fingerprint density at radius 1 is 1.00 bits per heavy atom. The van der Waals surface area contributed by atoms with Gasteiger partial charge in [0, 0.05) is 31.7 Å². The highest BCUT2D eigenvalue weighted by Gasteiger charge is 2.39. The van der Waals surface area contributed by atoms with Crippen LogP contribution in [0.4, 0.5) is 0 Å². The van der Waals surface area contributed by atoms with Gasteiger partial charge >= 0.3 is 0 Å². The monoisotopic (exact) mass is 367 g/mol. The number of hydrogen-bond donors (Lipinski definition) is 2. The minimum atomic E-state index is -0.713. The molecule has 2 fully saturated rings. The summed E-state index contributed by atoms with van der Waals surface area (Å²) in [6, 6.07) is 6.36. The second-order valence-corrected chi connectivity index (χ2v) is 6.85. The molecule has 138 valence electrons. The summed E-state index contributed by atoms with van der Waals surface area (Å²) in [6.07, 6.45) is 4.69. The molecular formula is C18H26ClN3O3. The lowest BCUT2D eigenvalue weighted by Crippen LogP contribution is -2.60. The van der Waals surface area contributed by atoms with E-state index in [4.69, 9.17) is 5.73 Å². The highest BCUT2D eigenvalue weighted by Crippen LogP contribution is 2.28. The van der Waals surface area contributed by atoms with E-state index in [9.17, 15) is 14.7 Å². The van der Waals surface area contributed by atoms with E-state index in [0.29, 0.717) is 31.7 Å². The molecule has 1 aromatic rings. The summed E-state index contributed by atoms with van der Waals surface area (Å²) in [6.45, 7) is 2.03. The summed E-state index contributed by atoms with van der Waals surface area (Å²) in [5, 5.41) is 9.51. The third-order valence-electron chi connectivity index (χ3n) is 5.12. The quantitative estimate of drug-likeness (QED) is 0.833. The first-order valence-corrected chi connectivity index (χ1v) is 8.66. The lowest BCUT2D eigenvalue weighted by atomic mass is 9.81. The van der Waals surface area contributed by atoms with Crippen molar-refractivity contribution in [1.82, 2.24) is 9.80 Å². The van der Waals surface area contributed by atoms with Crippen LogP contribution in [0.5, 0.6) is 5.75 Å². The van der Waals surface area contributed by atoms with Gasteiger partial charge in [0.2, 0.25) is 5.91 Å². The number of nitrogens with zero attached hydrogens (tertiary/aromatic N) is 2. The van der Waals surface area contributed by atoms with Crippen molar-refractivity contribution >= 4 is 24.2 Å². The maximum Gasteiger partial charge on any atom is 0.254 e. The zero-order valence-electron chi connectivity index (χ0n) is 14.3. The Morgan fingerprint density at radius 2 is 1.60 bits per heavy atom. The van der Waals surface area contributed by atoms with Crippen molar-refractivity contribution in [2.45, 2.75) is 37.6 Å². The molecule has 0 radical (unpaired) electrons. The van der Waals surface area contributed by atoms with Gasteiger partial charge < -0.3 is 20.6 Å². The van der Waals surface area contributed by atoms with Gasteiger partial charge in [-0.15, -0.1) is 12.4 Å². The maximum atomic E-state index is 12.7. The van der Waals surface area contributed by atoms with Crippen molar-refractivity contribution in [1.29, 1.82) is 0 Å². The van der Waals surface area contributed by atoms with E-state index in [0.717, 1.165) is 32.1 Å². The van der Waals surface area contributed by atoms with E-state index < -0.39 is 5.54 Å². The predicted molar refractivity (Wildman–Crippen MR) is 97.8 cm³/mol. The van der Waals surface area contributed by atoms with Crippen molar-refractivity contribution in [3.05, 3.63) is 29.8 Å². The van der Waals surface area contributed by atoms with Gasteiger partial charge in [-0.25, -0.2) is 0 Å². The SMILES string of the molecule is Cl.NC1(C(=O)N2CCN(C(=O)c3cccc(O)c3)CC2)CCCCC1. The van der Waals surface area contributed by atoms with Crippen LogP contribution in [0.2, 0.25) is 0 Å². The molecular weight excluding hydrogens is 342 g/mol. The smallest absolute Gasteiger partial charge is 0.254 e. The van der Waals surface area contributed by atoms with Gasteiger partial charge in [-0.05, 0) is 31.0 Å². The van der Waals surface area contributed by atoms with E-state index in [1.54, 1.807) is 21.9 Å². The molecule has 1 aliphatic heterocycles. The first kappa shape index (κ1) is 19.5. The fourth-order valence-electron chi connectivity index (χ4n) is 3.65. The predicted octanol–water partition coefficient (Wildman–Crippen LogP) is 1.76. The number of halogens is 1. The molecule has 1 aliphatic carbocycles. The lowest BCUT2D eigenvalue weighted by Gasteiger charge is -2.41. The third kappa shape index (κ3) is 4.25. The summed E-state index contributed by atoms with van der Waals surface area (Å²) in [7, 11) is 0. The standard InChI is InChI=1S/C18H25N3O3.ClH/c19-18(7-2-1-3-8-18)17(24)21-11-9-20(10-12-21)16(23)14-5-4-6-15(22)13-14;/h4-6,13,22H,1-3,7-12,19H2;1H. The zero-order valence-corrected chi connectivity index (χ0v) is 15.1. The molecule has 3 rings (SSSR count). The van der Waals surface area contributed by atoms with Gasteiger partial charge in [-0.2, -0.15) is 0 Å². The van der Waals surface area contributed by atoms with Crippen LogP contribution in [0.3, 0.4) is 0 Å². The van der Waals surface area contributed by atoms with Crippen LogP contribution >= 0.6 is 12.4 Å². The molecule has 0 bridgehead atoms. The number of benzene rings is 1. The van der Waals surface area contributed by atoms with E-state index >= 15 is 0 Å². The average molecular weight is 368 g/mol. The number of carbonyl (C=O) groups excluding carboxylic acids is 2. The molecule has 0 spiro atoms. The summed E-state index contributed by atoms with van der Waals surface area (Å²) < 4.78 is 0. The molecule has 7 heteroatoms. The first-order chi connectivity index (χ1) is 11.5. The molecule has 1 saturated heterocycles. The lowest BCUT2D eigenvalue weighted by molar-refractivity contribution is -0.139. The minimum absolute atomic E-state index is 0. The van der Waals surface area contributed by atoms with Gasteiger partial charge in [-0.1, -0.05) is 25.3 Å². The fourth-order valence-corrected chi connectivity index (χ4v) is 3.65. The van der Waals surface area contributed by atoms with Crippen molar-refractivity contribution in [2.75, 3.05) is 26.2 Å². The number of hydrogen-bond acceptors (Lipinski definition) is 4. The molecule has 0 unspecified atom stereocenters. The molecule has 2 amide bonds. The molecule has 1 aromatic carbocycles. The number of aromatic hydroxyl groups is 1. The second-order valence-electron chi connectivity index (χ2n) is 6.85. The van der Waals surface area contributed by atoms with Gasteiger partial charge in [0.1, 0.15) is 5.75 Å². The Labute approximate surface area is 154 Å². The summed E-state index contributed by atoms with van der Waals surface area (Å²) >= 11 is 0.